The summed E-state index contributed by atoms with van der Waals surface area (Å²) in [5.74, 6) is 0. The van der Waals surface area contributed by atoms with Crippen molar-refractivity contribution in [2.24, 2.45) is 0 Å². The van der Waals surface area contributed by atoms with Gasteiger partial charge in [0.15, 0.2) is 0 Å². The second kappa shape index (κ2) is 6.79. The Kier molecular flexibility index (Phi) is 3.91. The Hall–Kier alpha value is -3.96. The molecule has 1 aliphatic heterocycles. The van der Waals surface area contributed by atoms with Crippen LogP contribution in [0.4, 0.5) is 0 Å². The quantitative estimate of drug-likeness (QED) is 0.284. The highest BCUT2D eigenvalue weighted by molar-refractivity contribution is 5.95. The third-order valence-corrected chi connectivity index (χ3v) is 5.80. The van der Waals surface area contributed by atoms with E-state index in [0.717, 1.165) is 49.7 Å². The van der Waals surface area contributed by atoms with Gasteiger partial charge in [-0.15, -0.1) is 0 Å². The van der Waals surface area contributed by atoms with Crippen LogP contribution < -0.4 is 21.4 Å². The van der Waals surface area contributed by atoms with Crippen LogP contribution in [0.15, 0.2) is 54.6 Å². The van der Waals surface area contributed by atoms with E-state index in [4.69, 9.17) is 0 Å². The second-order valence-electron chi connectivity index (χ2n) is 8.08. The van der Waals surface area contributed by atoms with Crippen LogP contribution in [-0.2, 0) is 0 Å². The van der Waals surface area contributed by atoms with E-state index in [1.165, 1.54) is 10.8 Å². The average Bonchev–Trinajstić information content (AvgIpc) is 3.52. The molecule has 0 radical (unpaired) electrons. The van der Waals surface area contributed by atoms with E-state index >= 15 is 0 Å². The van der Waals surface area contributed by atoms with Gasteiger partial charge in [-0.05, 0) is 61.6 Å². The number of aliphatic hydroxyl groups excluding tert-OH is 1. The normalized spacial score (nSPS) is 13.7. The van der Waals surface area contributed by atoms with E-state index in [9.17, 15) is 5.11 Å². The molecule has 1 aliphatic rings. The molecule has 1 atom stereocenters. The van der Waals surface area contributed by atoms with E-state index in [1.807, 2.05) is 12.1 Å². The van der Waals surface area contributed by atoms with Gasteiger partial charge in [0.25, 0.3) is 0 Å². The Morgan fingerprint density at radius 1 is 0.613 bits per heavy atom. The van der Waals surface area contributed by atoms with Gasteiger partial charge in [-0.1, -0.05) is 24.3 Å². The molecule has 5 N–H and O–H groups in total. The molecule has 0 aliphatic carbocycles. The number of aromatic amines is 4. The van der Waals surface area contributed by atoms with Crippen LogP contribution in [0.5, 0.6) is 0 Å². The molecule has 4 aromatic heterocycles. The zero-order chi connectivity index (χ0) is 20.9. The molecule has 5 nitrogen and oxygen atoms in total. The highest BCUT2D eigenvalue weighted by Crippen LogP contribution is 2.24. The Morgan fingerprint density at radius 3 is 1.68 bits per heavy atom. The minimum absolute atomic E-state index is 0.566. The van der Waals surface area contributed by atoms with Gasteiger partial charge in [0, 0.05) is 60.5 Å². The van der Waals surface area contributed by atoms with E-state index < -0.39 is 6.10 Å². The summed E-state index contributed by atoms with van der Waals surface area (Å²) in [7, 11) is 0. The number of hydrogen-bond donors (Lipinski definition) is 5. The van der Waals surface area contributed by atoms with E-state index in [0.29, 0.717) is 0 Å². The molecule has 8 bridgehead atoms. The summed E-state index contributed by atoms with van der Waals surface area (Å²) in [5.41, 5.74) is 4.83. The Labute approximate surface area is 177 Å². The maximum atomic E-state index is 10.3. The summed E-state index contributed by atoms with van der Waals surface area (Å²) >= 11 is 0. The molecule has 31 heavy (non-hydrogen) atoms. The van der Waals surface area contributed by atoms with E-state index in [1.54, 1.807) is 6.92 Å². The topological polar surface area (TPSA) is 83.4 Å². The van der Waals surface area contributed by atoms with Crippen LogP contribution in [-0.4, -0.2) is 25.0 Å². The maximum absolute atomic E-state index is 10.3. The van der Waals surface area contributed by atoms with Crippen molar-refractivity contribution in [2.75, 3.05) is 0 Å². The van der Waals surface area contributed by atoms with Crippen molar-refractivity contribution >= 4 is 35.1 Å². The first-order valence-electron chi connectivity index (χ1n) is 10.4. The predicted molar refractivity (Wildman–Crippen MR) is 124 cm³/mol. The summed E-state index contributed by atoms with van der Waals surface area (Å²) in [4.78, 5) is 13.9. The third-order valence-electron chi connectivity index (χ3n) is 5.80. The van der Waals surface area contributed by atoms with E-state index in [-0.39, 0.29) is 0 Å². The molecule has 0 spiro atoms. The lowest BCUT2D eigenvalue weighted by atomic mass is 10.1. The van der Waals surface area contributed by atoms with Gasteiger partial charge < -0.3 is 25.0 Å². The fourth-order valence-corrected chi connectivity index (χ4v) is 4.34. The third kappa shape index (κ3) is 3.16. The molecule has 152 valence electrons. The number of hydrogen-bond acceptors (Lipinski definition) is 1. The lowest BCUT2D eigenvalue weighted by molar-refractivity contribution is 0.199. The van der Waals surface area contributed by atoms with Crippen molar-refractivity contribution in [1.29, 1.82) is 0 Å². The molecular weight excluding hydrogens is 384 g/mol. The number of aliphatic hydroxyl groups is 1. The zero-order valence-corrected chi connectivity index (χ0v) is 17.0. The van der Waals surface area contributed by atoms with Crippen molar-refractivity contribution in [2.45, 2.75) is 13.0 Å². The first-order valence-corrected chi connectivity index (χ1v) is 10.4. The number of benzene rings is 1. The summed E-state index contributed by atoms with van der Waals surface area (Å²) < 4.78 is 0. The number of fused-ring (bicyclic) bond motifs is 11. The fourth-order valence-electron chi connectivity index (χ4n) is 4.34. The molecule has 0 fully saturated rings. The highest BCUT2D eigenvalue weighted by atomic mass is 16.3. The van der Waals surface area contributed by atoms with Crippen molar-refractivity contribution in [3.8, 4) is 0 Å². The highest BCUT2D eigenvalue weighted by Gasteiger charge is 2.11. The molecule has 0 saturated heterocycles. The van der Waals surface area contributed by atoms with Crippen molar-refractivity contribution in [3.05, 3.63) is 104 Å². The minimum Gasteiger partial charge on any atom is -0.389 e. The van der Waals surface area contributed by atoms with Gasteiger partial charge in [0.1, 0.15) is 0 Å². The SMILES string of the molecule is CC(O)c1cc2[nH]c1C=c1ccc([nH]1)=Cc1[nH]c(c3ccccc13)C=c1ccc([nH]1)=C2. The molecule has 1 aromatic carbocycles. The van der Waals surface area contributed by atoms with E-state index in [2.05, 4.69) is 86.7 Å². The molecule has 5 heteroatoms. The Balaban J connectivity index is 1.69. The fraction of sp³-hybridized carbons (Fsp3) is 0.0769. The average molecular weight is 406 g/mol. The first kappa shape index (κ1) is 17.9. The number of nitrogens with one attached hydrogen (secondary N) is 4. The van der Waals surface area contributed by atoms with Gasteiger partial charge in [-0.25, -0.2) is 0 Å². The summed E-state index contributed by atoms with van der Waals surface area (Å²) in [5, 5.41) is 16.6. The van der Waals surface area contributed by atoms with Crippen molar-refractivity contribution in [1.82, 2.24) is 19.9 Å². The monoisotopic (exact) mass is 406 g/mol. The summed E-state index contributed by atoms with van der Waals surface area (Å²) in [6.07, 6.45) is 7.79. The maximum Gasteiger partial charge on any atom is 0.0782 e. The Bertz CT molecular complexity index is 1670. The van der Waals surface area contributed by atoms with Gasteiger partial charge in [0.05, 0.1) is 6.10 Å². The summed E-state index contributed by atoms with van der Waals surface area (Å²) in [6, 6.07) is 18.7. The van der Waals surface area contributed by atoms with Crippen molar-refractivity contribution < 1.29 is 5.11 Å². The lowest BCUT2D eigenvalue weighted by Gasteiger charge is -2.01. The molecule has 5 heterocycles. The van der Waals surface area contributed by atoms with Crippen LogP contribution in [0.25, 0.3) is 35.1 Å². The molecule has 5 aromatic rings. The number of H-pyrrole nitrogens is 4. The summed E-state index contributed by atoms with van der Waals surface area (Å²) in [6.45, 7) is 1.79. The van der Waals surface area contributed by atoms with Crippen LogP contribution in [0.1, 0.15) is 41.4 Å². The Morgan fingerprint density at radius 2 is 1.13 bits per heavy atom. The van der Waals surface area contributed by atoms with Crippen LogP contribution in [0.3, 0.4) is 0 Å². The van der Waals surface area contributed by atoms with Crippen LogP contribution in [0.2, 0.25) is 0 Å². The molecule has 0 saturated carbocycles. The molecular formula is C26H22N4O. The molecule has 1 unspecified atom stereocenters. The predicted octanol–water partition coefficient (Wildman–Crippen LogP) is 1.83. The standard InChI is InChI=1S/C26H22N4O/c1-15(31)23-11-20-10-16-6-7-17(27-16)12-24-21-4-2-3-5-22(21)25(30-24)13-18-8-9-19(28-18)14-26(23)29-20/h2-15,27-31H,1H3. The minimum atomic E-state index is -0.566. The largest absolute Gasteiger partial charge is 0.389 e. The first-order chi connectivity index (χ1) is 15.1. The number of aromatic nitrogens is 4. The molecule has 0 amide bonds. The number of rotatable bonds is 1. The smallest absolute Gasteiger partial charge is 0.0782 e. The van der Waals surface area contributed by atoms with Crippen LogP contribution in [0, 0.1) is 0 Å². The lowest BCUT2D eigenvalue weighted by Crippen LogP contribution is -2.10. The van der Waals surface area contributed by atoms with Gasteiger partial charge in [0.2, 0.25) is 0 Å². The zero-order valence-electron chi connectivity index (χ0n) is 17.0. The van der Waals surface area contributed by atoms with Crippen LogP contribution >= 0.6 is 0 Å². The van der Waals surface area contributed by atoms with Gasteiger partial charge in [-0.2, -0.15) is 0 Å². The van der Waals surface area contributed by atoms with Gasteiger partial charge >= 0.3 is 0 Å². The molecule has 6 rings (SSSR count). The van der Waals surface area contributed by atoms with Crippen molar-refractivity contribution in [3.63, 3.8) is 0 Å². The second-order valence-corrected chi connectivity index (χ2v) is 8.08. The van der Waals surface area contributed by atoms with Gasteiger partial charge in [-0.3, -0.25) is 0 Å².